The van der Waals surface area contributed by atoms with Crippen LogP contribution in [0.4, 0.5) is 24.8 Å². The Morgan fingerprint density at radius 2 is 2.00 bits per heavy atom. The largest absolute Gasteiger partial charge is 0.417 e. The number of nitrogens with two attached hydrogens (primary N) is 1. The van der Waals surface area contributed by atoms with E-state index in [2.05, 4.69) is 32.4 Å². The zero-order valence-electron chi connectivity index (χ0n) is 22.4. The Balaban J connectivity index is 1.39. The topological polar surface area (TPSA) is 135 Å². The molecule has 0 saturated carbocycles. The van der Waals surface area contributed by atoms with Crippen molar-refractivity contribution >= 4 is 35.1 Å². The van der Waals surface area contributed by atoms with Crippen molar-refractivity contribution in [1.29, 1.82) is 0 Å². The molecule has 1 aliphatic rings. The number of anilines is 2. The Hall–Kier alpha value is -4.86. The molecule has 5 rings (SSSR count). The van der Waals surface area contributed by atoms with Crippen molar-refractivity contribution in [3.05, 3.63) is 93.3 Å². The summed E-state index contributed by atoms with van der Waals surface area (Å²) < 4.78 is 41.3. The molecule has 2 amide bonds. The molecule has 4 aromatic rings. The van der Waals surface area contributed by atoms with Gasteiger partial charge in [0.2, 0.25) is 11.9 Å². The molecular formula is C30H24ClF3N6O3. The molecule has 3 heterocycles. The van der Waals surface area contributed by atoms with Gasteiger partial charge in [-0.15, -0.1) is 0 Å². The highest BCUT2D eigenvalue weighted by Gasteiger charge is 2.33. The third-order valence-electron chi connectivity index (χ3n) is 6.66. The predicted octanol–water partition coefficient (Wildman–Crippen LogP) is 4.06. The fourth-order valence-electron chi connectivity index (χ4n) is 4.79. The van der Waals surface area contributed by atoms with Crippen LogP contribution < -0.4 is 16.4 Å². The molecule has 0 saturated heterocycles. The second kappa shape index (κ2) is 12.2. The van der Waals surface area contributed by atoms with Gasteiger partial charge in [-0.2, -0.15) is 13.2 Å². The first-order valence-electron chi connectivity index (χ1n) is 13.1. The zero-order valence-corrected chi connectivity index (χ0v) is 23.2. The van der Waals surface area contributed by atoms with Crippen LogP contribution in [0.15, 0.2) is 54.7 Å². The van der Waals surface area contributed by atoms with Gasteiger partial charge in [-0.1, -0.05) is 35.6 Å². The summed E-state index contributed by atoms with van der Waals surface area (Å²) in [4.78, 5) is 33.5. The van der Waals surface area contributed by atoms with Crippen molar-refractivity contribution in [2.75, 3.05) is 24.2 Å². The highest BCUT2D eigenvalue weighted by atomic mass is 35.5. The fourth-order valence-corrected chi connectivity index (χ4v) is 5.01. The summed E-state index contributed by atoms with van der Waals surface area (Å²) in [5, 5.41) is 14.5. The van der Waals surface area contributed by atoms with Gasteiger partial charge < -0.3 is 26.0 Å². The van der Waals surface area contributed by atoms with Crippen LogP contribution in [0.2, 0.25) is 5.02 Å². The minimum Gasteiger partial charge on any atom is -0.395 e. The smallest absolute Gasteiger partial charge is 0.395 e. The van der Waals surface area contributed by atoms with Crippen LogP contribution in [0.3, 0.4) is 0 Å². The third-order valence-corrected chi connectivity index (χ3v) is 6.99. The minimum atomic E-state index is -4.66. The predicted molar refractivity (Wildman–Crippen MR) is 154 cm³/mol. The first kappa shape index (κ1) is 29.6. The Morgan fingerprint density at radius 3 is 2.77 bits per heavy atom. The number of carbonyl (C=O) groups is 2. The number of aliphatic hydroxyl groups excluding tert-OH is 1. The molecule has 0 aliphatic carbocycles. The Bertz CT molecular complexity index is 1790. The number of amides is 2. The van der Waals surface area contributed by atoms with Gasteiger partial charge in [0.25, 0.3) is 5.91 Å². The highest BCUT2D eigenvalue weighted by molar-refractivity contribution is 6.31. The molecule has 43 heavy (non-hydrogen) atoms. The van der Waals surface area contributed by atoms with Crippen LogP contribution in [0.1, 0.15) is 38.3 Å². The molecule has 220 valence electrons. The van der Waals surface area contributed by atoms with E-state index in [-0.39, 0.29) is 37.1 Å². The average Bonchev–Trinajstić information content (AvgIpc) is 3.32. The van der Waals surface area contributed by atoms with Crippen molar-refractivity contribution in [1.82, 2.24) is 19.9 Å². The normalized spacial score (nSPS) is 12.6. The van der Waals surface area contributed by atoms with E-state index >= 15 is 0 Å². The molecule has 0 fully saturated rings. The molecule has 0 unspecified atom stereocenters. The average molecular weight is 609 g/mol. The summed E-state index contributed by atoms with van der Waals surface area (Å²) in [6, 6.07) is 11.7. The summed E-state index contributed by atoms with van der Waals surface area (Å²) in [5.41, 5.74) is 8.63. The summed E-state index contributed by atoms with van der Waals surface area (Å²) in [6.45, 7) is 0.563. The second-order valence-corrected chi connectivity index (χ2v) is 10.0. The molecule has 0 atom stereocenters. The van der Waals surface area contributed by atoms with Crippen molar-refractivity contribution in [3.63, 3.8) is 0 Å². The minimum absolute atomic E-state index is 0.00998. The number of alkyl halides is 3. The van der Waals surface area contributed by atoms with Crippen molar-refractivity contribution in [3.8, 4) is 23.2 Å². The number of nitrogen functional groups attached to an aromatic ring is 1. The first-order valence-corrected chi connectivity index (χ1v) is 13.4. The van der Waals surface area contributed by atoms with E-state index in [1.165, 1.54) is 12.3 Å². The number of nitrogens with zero attached hydrogens (tertiary/aromatic N) is 3. The van der Waals surface area contributed by atoms with Gasteiger partial charge in [0.15, 0.2) is 0 Å². The number of halogens is 4. The maximum absolute atomic E-state index is 13.2. The summed E-state index contributed by atoms with van der Waals surface area (Å²) in [6.07, 6.45) is -2.71. The fraction of sp³-hybridized carbons (Fsp3) is 0.200. The van der Waals surface area contributed by atoms with E-state index in [1.807, 2.05) is 4.57 Å². The van der Waals surface area contributed by atoms with Gasteiger partial charge in [-0.05, 0) is 42.0 Å². The number of hydrogen-bond acceptors (Lipinski definition) is 6. The van der Waals surface area contributed by atoms with E-state index in [9.17, 15) is 27.9 Å². The summed E-state index contributed by atoms with van der Waals surface area (Å²) in [5.74, 6) is 5.33. The number of nitrogens with one attached hydrogen (secondary N) is 2. The van der Waals surface area contributed by atoms with Gasteiger partial charge in [-0.3, -0.25) is 9.59 Å². The van der Waals surface area contributed by atoms with E-state index in [4.69, 9.17) is 17.3 Å². The Kier molecular flexibility index (Phi) is 8.38. The van der Waals surface area contributed by atoms with Gasteiger partial charge in [0.05, 0.1) is 40.4 Å². The number of carbonyl (C=O) groups excluding carboxylic acids is 2. The second-order valence-electron chi connectivity index (χ2n) is 9.63. The van der Waals surface area contributed by atoms with Crippen LogP contribution in [-0.4, -0.2) is 44.6 Å². The van der Waals surface area contributed by atoms with Crippen LogP contribution in [0, 0.1) is 11.8 Å². The highest BCUT2D eigenvalue weighted by Crippen LogP contribution is 2.36. The molecule has 0 bridgehead atoms. The van der Waals surface area contributed by atoms with Gasteiger partial charge in [0.1, 0.15) is 5.69 Å². The number of aromatic nitrogens is 3. The summed E-state index contributed by atoms with van der Waals surface area (Å²) >= 11 is 5.66. The van der Waals surface area contributed by atoms with Gasteiger partial charge in [0, 0.05) is 42.7 Å². The number of benzene rings is 2. The van der Waals surface area contributed by atoms with E-state index in [0.717, 1.165) is 17.8 Å². The van der Waals surface area contributed by atoms with E-state index in [1.54, 1.807) is 30.3 Å². The lowest BCUT2D eigenvalue weighted by Gasteiger charge is -2.17. The first-order chi connectivity index (χ1) is 20.5. The van der Waals surface area contributed by atoms with Crippen molar-refractivity contribution < 1.29 is 27.9 Å². The van der Waals surface area contributed by atoms with Crippen LogP contribution >= 0.6 is 11.6 Å². The molecule has 9 nitrogen and oxygen atoms in total. The lowest BCUT2D eigenvalue weighted by atomic mass is 10.1. The van der Waals surface area contributed by atoms with E-state index < -0.39 is 22.7 Å². The van der Waals surface area contributed by atoms with Gasteiger partial charge >= 0.3 is 6.18 Å². The summed E-state index contributed by atoms with van der Waals surface area (Å²) in [7, 11) is 0. The SMILES string of the molecule is Nc1ncc(C#Cc2cccc(CC(=O)Nc3ccc(Cl)c(C(F)(F)F)c3)c2)c(-c2cc3c(n2CCO)CCNC3=O)n1. The maximum atomic E-state index is 13.2. The lowest BCUT2D eigenvalue weighted by Crippen LogP contribution is -2.32. The lowest BCUT2D eigenvalue weighted by molar-refractivity contribution is -0.137. The van der Waals surface area contributed by atoms with E-state index in [0.29, 0.717) is 46.6 Å². The number of fused-ring (bicyclic) bond motifs is 1. The van der Waals surface area contributed by atoms with Crippen LogP contribution in [0.5, 0.6) is 0 Å². The molecule has 5 N–H and O–H groups in total. The third kappa shape index (κ3) is 6.63. The quantitative estimate of drug-likeness (QED) is 0.244. The van der Waals surface area contributed by atoms with Crippen LogP contribution in [0.25, 0.3) is 11.4 Å². The number of hydrogen-bond donors (Lipinski definition) is 4. The van der Waals surface area contributed by atoms with Gasteiger partial charge in [-0.25, -0.2) is 9.97 Å². The molecule has 2 aromatic carbocycles. The molecule has 13 heteroatoms. The Morgan fingerprint density at radius 1 is 1.19 bits per heavy atom. The molecule has 0 radical (unpaired) electrons. The van der Waals surface area contributed by atoms with Crippen molar-refractivity contribution in [2.45, 2.75) is 25.6 Å². The zero-order chi connectivity index (χ0) is 30.7. The number of rotatable bonds is 6. The molecular weight excluding hydrogens is 585 g/mol. The van der Waals surface area contributed by atoms with Crippen molar-refractivity contribution in [2.24, 2.45) is 0 Å². The standard InChI is InChI=1S/C30H24ClF3N6O3/c31-23-7-6-20(14-22(23)30(32,33)34)38-26(42)13-18-3-1-2-17(12-18)4-5-19-16-37-29(35)39-27(19)25-15-21-24(40(25)10-11-41)8-9-36-28(21)43/h1-3,6-7,12,14-16,41H,8-11,13H2,(H,36,43)(H,38,42)(H2,35,37,39). The number of aliphatic hydroxyl groups is 1. The monoisotopic (exact) mass is 608 g/mol. The van der Waals surface area contributed by atoms with Crippen LogP contribution in [-0.2, 0) is 30.4 Å². The molecule has 0 spiro atoms. The molecule has 2 aromatic heterocycles. The molecule has 1 aliphatic heterocycles. The Labute approximate surface area is 248 Å². The maximum Gasteiger partial charge on any atom is 0.417 e.